The van der Waals surface area contributed by atoms with E-state index in [1.54, 1.807) is 22.0 Å². The van der Waals surface area contributed by atoms with Crippen LogP contribution in [0.15, 0.2) is 52.9 Å². The first-order valence-electron chi connectivity index (χ1n) is 9.70. The molecule has 0 fully saturated rings. The van der Waals surface area contributed by atoms with E-state index in [1.165, 1.54) is 22.2 Å². The molecule has 1 N–H and O–H groups in total. The lowest BCUT2D eigenvalue weighted by atomic mass is 9.89. The maximum absolute atomic E-state index is 13.3. The maximum Gasteiger partial charge on any atom is 0.263 e. The van der Waals surface area contributed by atoms with Crippen LogP contribution < -0.4 is 10.9 Å². The van der Waals surface area contributed by atoms with E-state index in [1.807, 2.05) is 30.3 Å². The lowest BCUT2D eigenvalue weighted by Gasteiger charge is -2.17. The van der Waals surface area contributed by atoms with Gasteiger partial charge in [-0.15, -0.1) is 17.9 Å². The molecule has 4 rings (SSSR count). The van der Waals surface area contributed by atoms with Crippen molar-refractivity contribution in [2.75, 3.05) is 11.1 Å². The van der Waals surface area contributed by atoms with Crippen LogP contribution in [0.1, 0.15) is 23.8 Å². The van der Waals surface area contributed by atoms with Crippen molar-refractivity contribution >= 4 is 44.9 Å². The average Bonchev–Trinajstić information content (AvgIpc) is 3.07. The Kier molecular flexibility index (Phi) is 5.87. The van der Waals surface area contributed by atoms with Crippen LogP contribution in [0.25, 0.3) is 10.2 Å². The molecule has 0 saturated carbocycles. The molecule has 1 unspecified atom stereocenters. The summed E-state index contributed by atoms with van der Waals surface area (Å²) < 4.78 is 1.64. The number of para-hydroxylation sites is 1. The zero-order valence-electron chi connectivity index (χ0n) is 16.3. The van der Waals surface area contributed by atoms with Crippen LogP contribution in [-0.4, -0.2) is 21.2 Å². The van der Waals surface area contributed by atoms with E-state index in [4.69, 9.17) is 4.98 Å². The summed E-state index contributed by atoms with van der Waals surface area (Å²) >= 11 is 2.92. The van der Waals surface area contributed by atoms with E-state index in [0.717, 1.165) is 35.2 Å². The van der Waals surface area contributed by atoms with Crippen LogP contribution >= 0.6 is 23.1 Å². The predicted octanol–water partition coefficient (Wildman–Crippen LogP) is 4.50. The molecule has 1 aliphatic carbocycles. The molecule has 3 aromatic rings. The van der Waals surface area contributed by atoms with E-state index < -0.39 is 0 Å². The number of hydrogen-bond acceptors (Lipinski definition) is 5. The Bertz CT molecular complexity index is 1120. The number of nitrogens with zero attached hydrogens (tertiary/aromatic N) is 2. The minimum atomic E-state index is -0.125. The highest BCUT2D eigenvalue weighted by molar-refractivity contribution is 7.99. The fourth-order valence-corrected chi connectivity index (χ4v) is 5.89. The van der Waals surface area contributed by atoms with Crippen molar-refractivity contribution in [3.63, 3.8) is 0 Å². The molecule has 0 saturated heterocycles. The number of anilines is 1. The molecular formula is C22H23N3O2S2. The second-order valence-electron chi connectivity index (χ2n) is 7.33. The van der Waals surface area contributed by atoms with E-state index in [0.29, 0.717) is 17.6 Å². The first-order valence-corrected chi connectivity index (χ1v) is 11.5. The van der Waals surface area contributed by atoms with Gasteiger partial charge in [0.25, 0.3) is 5.56 Å². The van der Waals surface area contributed by atoms with Gasteiger partial charge in [-0.1, -0.05) is 43.0 Å². The summed E-state index contributed by atoms with van der Waals surface area (Å²) in [6.07, 6.45) is 4.76. The van der Waals surface area contributed by atoms with Gasteiger partial charge in [0.05, 0.1) is 11.1 Å². The van der Waals surface area contributed by atoms with Crippen molar-refractivity contribution in [1.82, 2.24) is 9.55 Å². The Balaban J connectivity index is 1.63. The van der Waals surface area contributed by atoms with Gasteiger partial charge >= 0.3 is 0 Å². The van der Waals surface area contributed by atoms with Crippen LogP contribution in [0, 0.1) is 5.92 Å². The van der Waals surface area contributed by atoms with Crippen molar-refractivity contribution in [2.45, 2.75) is 37.9 Å². The predicted molar refractivity (Wildman–Crippen MR) is 121 cm³/mol. The van der Waals surface area contributed by atoms with Crippen LogP contribution in [-0.2, 0) is 24.2 Å². The molecule has 150 valence electrons. The first-order chi connectivity index (χ1) is 14.1. The molecule has 0 bridgehead atoms. The van der Waals surface area contributed by atoms with Crippen molar-refractivity contribution in [1.29, 1.82) is 0 Å². The molecular weight excluding hydrogens is 402 g/mol. The summed E-state index contributed by atoms with van der Waals surface area (Å²) in [5.41, 5.74) is 1.91. The molecule has 1 amide bonds. The van der Waals surface area contributed by atoms with Gasteiger partial charge in [-0.2, -0.15) is 0 Å². The number of aryl methyl sites for hydroxylation is 1. The number of allylic oxidation sites excluding steroid dienone is 1. The van der Waals surface area contributed by atoms with Gasteiger partial charge < -0.3 is 5.32 Å². The summed E-state index contributed by atoms with van der Waals surface area (Å²) in [5.74, 6) is 0.702. The van der Waals surface area contributed by atoms with Crippen LogP contribution in [0.3, 0.4) is 0 Å². The molecule has 1 aromatic carbocycles. The van der Waals surface area contributed by atoms with Crippen molar-refractivity contribution in [2.24, 2.45) is 5.92 Å². The molecule has 0 spiro atoms. The molecule has 0 radical (unpaired) electrons. The molecule has 29 heavy (non-hydrogen) atoms. The van der Waals surface area contributed by atoms with E-state index >= 15 is 0 Å². The SMILES string of the molecule is C=CCn1c(SCC(=O)Nc2ccccc2)nc2sc3c(c2c1=O)CCC(C)C3. The first kappa shape index (κ1) is 19.9. The highest BCUT2D eigenvalue weighted by Gasteiger charge is 2.24. The fourth-order valence-electron chi connectivity index (χ4n) is 3.65. The minimum absolute atomic E-state index is 0.0204. The van der Waals surface area contributed by atoms with Crippen molar-refractivity contribution in [3.05, 3.63) is 63.8 Å². The van der Waals surface area contributed by atoms with Crippen LogP contribution in [0.5, 0.6) is 0 Å². The quantitative estimate of drug-likeness (QED) is 0.359. The molecule has 2 heterocycles. The highest BCUT2D eigenvalue weighted by atomic mass is 32.2. The third-order valence-electron chi connectivity index (χ3n) is 5.08. The standard InChI is InChI=1S/C22H23N3O2S2/c1-3-11-25-21(27)19-16-10-9-14(2)12-17(16)29-20(19)24-22(25)28-13-18(26)23-15-7-5-4-6-8-15/h3-8,14H,1,9-13H2,2H3,(H,23,26). The van der Waals surface area contributed by atoms with Gasteiger partial charge in [0.15, 0.2) is 5.16 Å². The number of aromatic nitrogens is 2. The Morgan fingerprint density at radius 3 is 2.97 bits per heavy atom. The number of hydrogen-bond donors (Lipinski definition) is 1. The Morgan fingerprint density at radius 2 is 2.21 bits per heavy atom. The van der Waals surface area contributed by atoms with Crippen molar-refractivity contribution < 1.29 is 4.79 Å². The smallest absolute Gasteiger partial charge is 0.263 e. The van der Waals surface area contributed by atoms with Crippen molar-refractivity contribution in [3.8, 4) is 0 Å². The average molecular weight is 426 g/mol. The third-order valence-corrected chi connectivity index (χ3v) is 7.21. The highest BCUT2D eigenvalue weighted by Crippen LogP contribution is 2.36. The maximum atomic E-state index is 13.3. The Labute approximate surface area is 177 Å². The van der Waals surface area contributed by atoms with Gasteiger partial charge in [-0.05, 0) is 42.9 Å². The van der Waals surface area contributed by atoms with E-state index in [-0.39, 0.29) is 17.2 Å². The lowest BCUT2D eigenvalue weighted by molar-refractivity contribution is -0.113. The Morgan fingerprint density at radius 1 is 1.41 bits per heavy atom. The zero-order valence-corrected chi connectivity index (χ0v) is 17.9. The van der Waals surface area contributed by atoms with E-state index in [2.05, 4.69) is 18.8 Å². The van der Waals surface area contributed by atoms with E-state index in [9.17, 15) is 9.59 Å². The van der Waals surface area contributed by atoms with Crippen LogP contribution in [0.4, 0.5) is 5.69 Å². The summed E-state index contributed by atoms with van der Waals surface area (Å²) in [6, 6.07) is 9.34. The number of amides is 1. The second-order valence-corrected chi connectivity index (χ2v) is 9.36. The van der Waals surface area contributed by atoms with Gasteiger partial charge in [0.2, 0.25) is 5.91 Å². The number of thioether (sulfide) groups is 1. The fraction of sp³-hybridized carbons (Fsp3) is 0.318. The Hall–Kier alpha value is -2.38. The lowest BCUT2D eigenvalue weighted by Crippen LogP contribution is -2.24. The molecule has 2 aromatic heterocycles. The second kappa shape index (κ2) is 8.55. The summed E-state index contributed by atoms with van der Waals surface area (Å²) in [4.78, 5) is 32.5. The molecule has 1 atom stereocenters. The third kappa shape index (κ3) is 4.16. The van der Waals surface area contributed by atoms with Gasteiger partial charge in [-0.25, -0.2) is 4.98 Å². The van der Waals surface area contributed by atoms with Gasteiger partial charge in [-0.3, -0.25) is 14.2 Å². The van der Waals surface area contributed by atoms with Gasteiger partial charge in [0.1, 0.15) is 4.83 Å². The van der Waals surface area contributed by atoms with Gasteiger partial charge in [0, 0.05) is 17.1 Å². The number of benzene rings is 1. The topological polar surface area (TPSA) is 64.0 Å². The summed E-state index contributed by atoms with van der Waals surface area (Å²) in [7, 11) is 0. The number of fused-ring (bicyclic) bond motifs is 3. The molecule has 0 aliphatic heterocycles. The zero-order chi connectivity index (χ0) is 20.4. The number of rotatable bonds is 6. The number of carbonyl (C=O) groups excluding carboxylic acids is 1. The monoisotopic (exact) mass is 425 g/mol. The number of carbonyl (C=O) groups is 1. The normalized spacial score (nSPS) is 15.8. The van der Waals surface area contributed by atoms with Crippen LogP contribution in [0.2, 0.25) is 0 Å². The minimum Gasteiger partial charge on any atom is -0.325 e. The number of nitrogens with one attached hydrogen (secondary N) is 1. The summed E-state index contributed by atoms with van der Waals surface area (Å²) in [6.45, 7) is 6.41. The molecule has 1 aliphatic rings. The number of thiophene rings is 1. The summed E-state index contributed by atoms with van der Waals surface area (Å²) in [5, 5.41) is 4.20. The largest absolute Gasteiger partial charge is 0.325 e. The molecule has 7 heteroatoms. The molecule has 5 nitrogen and oxygen atoms in total.